The van der Waals surface area contributed by atoms with Crippen LogP contribution in [-0.4, -0.2) is 57.6 Å². The molecule has 6 N–H and O–H groups in total. The Balaban J connectivity index is 0.000000572. The Labute approximate surface area is 237 Å². The zero-order valence-corrected chi connectivity index (χ0v) is 22.9. The van der Waals surface area contributed by atoms with Gasteiger partial charge in [0.1, 0.15) is 5.82 Å². The highest BCUT2D eigenvalue weighted by molar-refractivity contribution is 5.96. The first kappa shape index (κ1) is 29.2. The largest absolute Gasteiger partial charge is 0.384 e. The number of carbonyl (C=O) groups is 4. The molecule has 13 heteroatoms. The summed E-state index contributed by atoms with van der Waals surface area (Å²) in [6.45, 7) is 2.24. The van der Waals surface area contributed by atoms with E-state index >= 15 is 0 Å². The summed E-state index contributed by atoms with van der Waals surface area (Å²) in [6.07, 6.45) is 6.26. The molecule has 1 saturated heterocycles. The number of nitrogens with two attached hydrogens (primary N) is 1. The van der Waals surface area contributed by atoms with E-state index < -0.39 is 17.9 Å². The van der Waals surface area contributed by atoms with E-state index in [1.807, 2.05) is 50.5 Å². The second-order valence-electron chi connectivity index (χ2n) is 9.88. The number of hydrogen-bond acceptors (Lipinski definition) is 8. The Morgan fingerprint density at radius 3 is 2.61 bits per heavy atom. The maximum absolute atomic E-state index is 13.1. The molecule has 5 rings (SSSR count). The number of carbonyl (C=O) groups excluding carboxylic acids is 4. The van der Waals surface area contributed by atoms with E-state index in [9.17, 15) is 19.2 Å². The minimum Gasteiger partial charge on any atom is -0.384 e. The summed E-state index contributed by atoms with van der Waals surface area (Å²) in [7, 11) is 1.86. The smallest absolute Gasteiger partial charge is 0.269 e. The van der Waals surface area contributed by atoms with Crippen molar-refractivity contribution >= 4 is 29.9 Å². The average molecular weight is 563 g/mol. The fourth-order valence-electron chi connectivity index (χ4n) is 3.87. The molecule has 2 atom stereocenters. The monoisotopic (exact) mass is 562 g/mol. The summed E-state index contributed by atoms with van der Waals surface area (Å²) in [5.74, 6) is -0.926. The third kappa shape index (κ3) is 8.86. The van der Waals surface area contributed by atoms with Crippen LogP contribution in [-0.2, 0) is 32.6 Å². The number of benzene rings is 1. The summed E-state index contributed by atoms with van der Waals surface area (Å²) in [5.41, 5.74) is 14.1. The summed E-state index contributed by atoms with van der Waals surface area (Å²) < 4.78 is 6.58. The fraction of sp³-hybridized carbons (Fsp3) is 0.357. The second-order valence-corrected chi connectivity index (χ2v) is 9.88. The number of amides is 4. The van der Waals surface area contributed by atoms with Crippen LogP contribution in [0.15, 0.2) is 48.8 Å². The number of aromatic nitrogens is 3. The maximum atomic E-state index is 13.1. The first-order valence-electron chi connectivity index (χ1n) is 13.3. The molecule has 2 fully saturated rings. The molecule has 3 aromatic rings. The number of nitrogen functional groups attached to an aromatic ring is 1. The van der Waals surface area contributed by atoms with Crippen molar-refractivity contribution in [2.24, 2.45) is 7.05 Å². The van der Waals surface area contributed by atoms with Crippen LogP contribution in [0.1, 0.15) is 53.7 Å². The standard InChI is InChI=1S/C24H27N7O4.C4H7NO/c1-14(15-4-3-5-16(10-15)19-8-9-31(2)30-19)27-23(33)18-11-21(25)26-12-17(18)6-7-22(32)28-29-24(34)20-13-35-20;6-3-5-4-1-2-4/h3-5,8-12,14,20H,6-7,13H2,1-2H3,(H2,25,26)(H,27,33)(H,28,32)(H,29,34);3-4H,1-2H2,(H,5,6). The third-order valence-corrected chi connectivity index (χ3v) is 6.45. The highest BCUT2D eigenvalue weighted by atomic mass is 16.6. The lowest BCUT2D eigenvalue weighted by Gasteiger charge is -2.17. The number of hydrazine groups is 1. The zero-order chi connectivity index (χ0) is 29.4. The Hall–Kier alpha value is -4.78. The van der Waals surface area contributed by atoms with Gasteiger partial charge in [-0.15, -0.1) is 0 Å². The molecule has 1 aliphatic heterocycles. The van der Waals surface area contributed by atoms with Gasteiger partial charge in [0.15, 0.2) is 6.10 Å². The highest BCUT2D eigenvalue weighted by Gasteiger charge is 2.31. The van der Waals surface area contributed by atoms with Crippen LogP contribution in [0.2, 0.25) is 0 Å². The van der Waals surface area contributed by atoms with Crippen molar-refractivity contribution in [3.63, 3.8) is 0 Å². The zero-order valence-electron chi connectivity index (χ0n) is 22.9. The van der Waals surface area contributed by atoms with Gasteiger partial charge in [0.05, 0.1) is 18.3 Å². The highest BCUT2D eigenvalue weighted by Crippen LogP contribution is 2.23. The average Bonchev–Trinajstić information content (AvgIpc) is 3.91. The molecule has 0 spiro atoms. The van der Waals surface area contributed by atoms with E-state index in [-0.39, 0.29) is 30.6 Å². The fourth-order valence-corrected chi connectivity index (χ4v) is 3.87. The van der Waals surface area contributed by atoms with Gasteiger partial charge in [-0.1, -0.05) is 18.2 Å². The number of epoxide rings is 1. The molecular weight excluding hydrogens is 528 g/mol. The van der Waals surface area contributed by atoms with Gasteiger partial charge in [0.2, 0.25) is 12.3 Å². The quantitative estimate of drug-likeness (QED) is 0.137. The Morgan fingerprint density at radius 2 is 1.98 bits per heavy atom. The second kappa shape index (κ2) is 13.5. The Morgan fingerprint density at radius 1 is 1.20 bits per heavy atom. The van der Waals surface area contributed by atoms with Crippen molar-refractivity contribution in [1.82, 2.24) is 36.2 Å². The number of pyridine rings is 1. The third-order valence-electron chi connectivity index (χ3n) is 6.45. The minimum absolute atomic E-state index is 0.0410. The molecule has 41 heavy (non-hydrogen) atoms. The van der Waals surface area contributed by atoms with Crippen molar-refractivity contribution in [3.05, 3.63) is 65.5 Å². The van der Waals surface area contributed by atoms with Crippen molar-refractivity contribution in [1.29, 1.82) is 0 Å². The lowest BCUT2D eigenvalue weighted by atomic mass is 10.0. The van der Waals surface area contributed by atoms with Crippen LogP contribution >= 0.6 is 0 Å². The van der Waals surface area contributed by atoms with Gasteiger partial charge in [-0.2, -0.15) is 5.10 Å². The van der Waals surface area contributed by atoms with E-state index in [0.717, 1.165) is 23.2 Å². The van der Waals surface area contributed by atoms with Gasteiger partial charge < -0.3 is 21.1 Å². The first-order chi connectivity index (χ1) is 19.7. The first-order valence-corrected chi connectivity index (χ1v) is 13.3. The number of ether oxygens (including phenoxy) is 1. The van der Waals surface area contributed by atoms with Gasteiger partial charge in [-0.25, -0.2) is 4.98 Å². The van der Waals surface area contributed by atoms with Gasteiger partial charge in [0, 0.05) is 43.0 Å². The van der Waals surface area contributed by atoms with Gasteiger partial charge in [-0.05, 0) is 55.5 Å². The molecule has 4 amide bonds. The lowest BCUT2D eigenvalue weighted by molar-refractivity contribution is -0.129. The molecule has 0 radical (unpaired) electrons. The molecular formula is C28H34N8O5. The summed E-state index contributed by atoms with van der Waals surface area (Å²) in [4.78, 5) is 50.4. The molecule has 1 aliphatic carbocycles. The SMILES string of the molecule is CC(NC(=O)c1cc(N)ncc1CCC(=O)NNC(=O)C1CO1)c1cccc(-c2ccn(C)n2)c1.O=CNC1CC1. The number of aryl methyl sites for hydroxylation is 2. The van der Waals surface area contributed by atoms with Crippen LogP contribution in [0.5, 0.6) is 0 Å². The lowest BCUT2D eigenvalue weighted by Crippen LogP contribution is -2.43. The van der Waals surface area contributed by atoms with E-state index in [1.54, 1.807) is 4.68 Å². The van der Waals surface area contributed by atoms with Gasteiger partial charge in [0.25, 0.3) is 11.8 Å². The van der Waals surface area contributed by atoms with E-state index in [1.165, 1.54) is 25.1 Å². The predicted molar refractivity (Wildman–Crippen MR) is 150 cm³/mol. The maximum Gasteiger partial charge on any atom is 0.269 e. The van der Waals surface area contributed by atoms with Crippen LogP contribution in [0, 0.1) is 0 Å². The van der Waals surface area contributed by atoms with Crippen molar-refractivity contribution < 1.29 is 23.9 Å². The van der Waals surface area contributed by atoms with E-state index in [2.05, 4.69) is 31.6 Å². The van der Waals surface area contributed by atoms with E-state index in [0.29, 0.717) is 23.8 Å². The molecule has 1 saturated carbocycles. The molecule has 216 valence electrons. The predicted octanol–water partition coefficient (Wildman–Crippen LogP) is 0.929. The number of nitrogens with zero attached hydrogens (tertiary/aromatic N) is 3. The van der Waals surface area contributed by atoms with Crippen LogP contribution in [0.3, 0.4) is 0 Å². The number of nitrogens with one attached hydrogen (secondary N) is 4. The molecule has 1 aromatic carbocycles. The van der Waals surface area contributed by atoms with Gasteiger partial charge >= 0.3 is 0 Å². The van der Waals surface area contributed by atoms with Crippen LogP contribution in [0.4, 0.5) is 5.82 Å². The summed E-state index contributed by atoms with van der Waals surface area (Å²) in [5, 5.41) is 10.1. The summed E-state index contributed by atoms with van der Waals surface area (Å²) in [6, 6.07) is 11.5. The topological polar surface area (TPSA) is 186 Å². The Kier molecular flexibility index (Phi) is 9.64. The van der Waals surface area contributed by atoms with Crippen LogP contribution in [0.25, 0.3) is 11.3 Å². The molecule has 2 aromatic heterocycles. The molecule has 3 heterocycles. The Bertz CT molecular complexity index is 1400. The van der Waals surface area contributed by atoms with Crippen LogP contribution < -0.4 is 27.2 Å². The van der Waals surface area contributed by atoms with Crippen molar-refractivity contribution in [3.8, 4) is 11.3 Å². The minimum atomic E-state index is -0.501. The van der Waals surface area contributed by atoms with Crippen molar-refractivity contribution in [2.45, 2.75) is 50.8 Å². The normalized spacial score (nSPS) is 15.9. The van der Waals surface area contributed by atoms with Crippen molar-refractivity contribution in [2.75, 3.05) is 12.3 Å². The molecule has 2 unspecified atom stereocenters. The number of hydrogen-bond donors (Lipinski definition) is 5. The molecule has 0 bridgehead atoms. The van der Waals surface area contributed by atoms with Gasteiger partial charge in [-0.3, -0.25) is 34.7 Å². The summed E-state index contributed by atoms with van der Waals surface area (Å²) >= 11 is 0. The molecule has 2 aliphatic rings. The molecule has 13 nitrogen and oxygen atoms in total. The number of rotatable bonds is 10. The number of anilines is 1. The van der Waals surface area contributed by atoms with E-state index in [4.69, 9.17) is 10.5 Å².